The number of nitrogens with one attached hydrogen (secondary N) is 2. The number of hydrogen-bond acceptors (Lipinski definition) is 6. The average Bonchev–Trinajstić information content (AvgIpc) is 3.47. The number of nitrogens with zero attached hydrogens (tertiary/aromatic N) is 5. The van der Waals surface area contributed by atoms with E-state index in [9.17, 15) is 4.79 Å². The van der Waals surface area contributed by atoms with Gasteiger partial charge < -0.3 is 19.2 Å². The van der Waals surface area contributed by atoms with Gasteiger partial charge in [-0.15, -0.1) is 10.2 Å². The molecule has 1 fully saturated rings. The molecule has 2 N–H and O–H groups in total. The lowest BCUT2D eigenvalue weighted by molar-refractivity contribution is 0.0704. The highest BCUT2D eigenvalue weighted by Crippen LogP contribution is 2.28. The monoisotopic (exact) mass is 367 g/mol. The van der Waals surface area contributed by atoms with Gasteiger partial charge >= 0.3 is 0 Å². The maximum absolute atomic E-state index is 12.8. The molecule has 9 nitrogen and oxygen atoms in total. The second-order valence-electron chi connectivity index (χ2n) is 7.01. The number of hydrogen-bond donors (Lipinski definition) is 2. The predicted molar refractivity (Wildman–Crippen MR) is 95.9 cm³/mol. The zero-order chi connectivity index (χ0) is 18.2. The van der Waals surface area contributed by atoms with Crippen LogP contribution in [0, 0.1) is 0 Å². The average molecular weight is 367 g/mol. The van der Waals surface area contributed by atoms with Crippen LogP contribution < -0.4 is 5.32 Å². The summed E-state index contributed by atoms with van der Waals surface area (Å²) in [7, 11) is 0. The van der Waals surface area contributed by atoms with E-state index in [-0.39, 0.29) is 5.91 Å². The van der Waals surface area contributed by atoms with E-state index < -0.39 is 0 Å². The molecule has 1 saturated heterocycles. The number of furan rings is 1. The first-order chi connectivity index (χ1) is 13.3. The lowest BCUT2D eigenvalue weighted by Crippen LogP contribution is -2.39. The molecule has 5 heterocycles. The van der Waals surface area contributed by atoms with Crippen LogP contribution in [0.5, 0.6) is 0 Å². The first-order valence-corrected chi connectivity index (χ1v) is 9.31. The lowest BCUT2D eigenvalue weighted by Gasteiger charge is -2.31. The van der Waals surface area contributed by atoms with E-state index in [0.29, 0.717) is 36.2 Å². The zero-order valence-corrected chi connectivity index (χ0v) is 14.9. The Labute approximate surface area is 155 Å². The van der Waals surface area contributed by atoms with Crippen molar-refractivity contribution in [3.63, 3.8) is 0 Å². The smallest absolute Gasteiger partial charge is 0.274 e. The molecule has 0 bridgehead atoms. The highest BCUT2D eigenvalue weighted by atomic mass is 16.3. The molecule has 5 rings (SSSR count). The lowest BCUT2D eigenvalue weighted by atomic mass is 9.95. The van der Waals surface area contributed by atoms with Gasteiger partial charge in [0.25, 0.3) is 5.91 Å². The van der Waals surface area contributed by atoms with Gasteiger partial charge in [0.15, 0.2) is 11.5 Å². The molecule has 3 aromatic heterocycles. The molecule has 0 saturated carbocycles. The minimum atomic E-state index is -0.0463. The fourth-order valence-corrected chi connectivity index (χ4v) is 3.91. The molecular formula is C18H21N7O2. The number of carbonyl (C=O) groups is 1. The highest BCUT2D eigenvalue weighted by molar-refractivity contribution is 5.93. The van der Waals surface area contributed by atoms with Crippen molar-refractivity contribution in [3.8, 4) is 11.5 Å². The second-order valence-corrected chi connectivity index (χ2v) is 7.01. The fourth-order valence-electron chi connectivity index (χ4n) is 3.91. The van der Waals surface area contributed by atoms with Crippen LogP contribution in [0.2, 0.25) is 0 Å². The molecule has 2 aliphatic heterocycles. The third-order valence-electron chi connectivity index (χ3n) is 5.38. The Bertz CT molecular complexity index is 935. The first kappa shape index (κ1) is 16.2. The number of rotatable bonds is 3. The van der Waals surface area contributed by atoms with Gasteiger partial charge in [0.05, 0.1) is 12.8 Å². The summed E-state index contributed by atoms with van der Waals surface area (Å²) in [6.07, 6.45) is 3.39. The Morgan fingerprint density at radius 3 is 2.93 bits per heavy atom. The van der Waals surface area contributed by atoms with Gasteiger partial charge in [-0.1, -0.05) is 0 Å². The molecule has 9 heteroatoms. The fraction of sp³-hybridized carbons (Fsp3) is 0.444. The molecule has 140 valence electrons. The molecule has 3 aromatic rings. The van der Waals surface area contributed by atoms with Crippen LogP contribution in [0.15, 0.2) is 28.9 Å². The minimum Gasteiger partial charge on any atom is -0.463 e. The van der Waals surface area contributed by atoms with E-state index in [2.05, 4.69) is 30.3 Å². The third-order valence-corrected chi connectivity index (χ3v) is 5.38. The van der Waals surface area contributed by atoms with Gasteiger partial charge in [0.2, 0.25) is 0 Å². The van der Waals surface area contributed by atoms with Crippen molar-refractivity contribution < 1.29 is 9.21 Å². The van der Waals surface area contributed by atoms with Crippen LogP contribution in [0.25, 0.3) is 11.5 Å². The number of amides is 1. The van der Waals surface area contributed by atoms with E-state index in [4.69, 9.17) is 4.42 Å². The van der Waals surface area contributed by atoms with E-state index in [1.807, 2.05) is 17.0 Å². The summed E-state index contributed by atoms with van der Waals surface area (Å²) in [4.78, 5) is 14.6. The molecule has 1 amide bonds. The van der Waals surface area contributed by atoms with E-state index in [1.165, 1.54) is 0 Å². The third kappa shape index (κ3) is 2.93. The Hall–Kier alpha value is -2.94. The topological polar surface area (TPSA) is 105 Å². The van der Waals surface area contributed by atoms with Crippen molar-refractivity contribution in [2.75, 3.05) is 19.6 Å². The van der Waals surface area contributed by atoms with Crippen LogP contribution >= 0.6 is 0 Å². The number of aromatic nitrogens is 5. The van der Waals surface area contributed by atoms with Crippen LogP contribution in [0.3, 0.4) is 0 Å². The highest BCUT2D eigenvalue weighted by Gasteiger charge is 2.30. The van der Waals surface area contributed by atoms with E-state index in [0.717, 1.165) is 44.1 Å². The minimum absolute atomic E-state index is 0.0463. The number of aromatic amines is 1. The van der Waals surface area contributed by atoms with Gasteiger partial charge in [-0.25, -0.2) is 0 Å². The molecule has 0 radical (unpaired) electrons. The van der Waals surface area contributed by atoms with Gasteiger partial charge in [0.1, 0.15) is 17.3 Å². The van der Waals surface area contributed by atoms with Crippen LogP contribution in [-0.2, 0) is 13.1 Å². The standard InChI is InChI=1S/C18H21N7O2/c26-18(14-10-13(20-21-14)15-2-1-9-27-15)24-6-3-12(4-7-24)17-23-22-16-11-19-5-8-25(16)17/h1-2,9-10,12,19H,3-8,11H2,(H,20,21). The largest absolute Gasteiger partial charge is 0.463 e. The van der Waals surface area contributed by atoms with Crippen molar-refractivity contribution in [1.29, 1.82) is 0 Å². The summed E-state index contributed by atoms with van der Waals surface area (Å²) >= 11 is 0. The SMILES string of the molecule is O=C(c1cc(-c2ccco2)[nH]n1)N1CCC(c2nnc3n2CCNC3)CC1. The maximum atomic E-state index is 12.8. The molecule has 0 unspecified atom stereocenters. The molecule has 27 heavy (non-hydrogen) atoms. The quantitative estimate of drug-likeness (QED) is 0.725. The first-order valence-electron chi connectivity index (χ1n) is 9.31. The zero-order valence-electron chi connectivity index (χ0n) is 14.9. The van der Waals surface area contributed by atoms with E-state index in [1.54, 1.807) is 12.3 Å². The number of fused-ring (bicyclic) bond motifs is 1. The summed E-state index contributed by atoms with van der Waals surface area (Å²) in [6, 6.07) is 5.39. The van der Waals surface area contributed by atoms with Crippen molar-refractivity contribution in [2.45, 2.75) is 31.8 Å². The Morgan fingerprint density at radius 1 is 1.22 bits per heavy atom. The van der Waals surface area contributed by atoms with Crippen molar-refractivity contribution in [1.82, 2.24) is 35.2 Å². The van der Waals surface area contributed by atoms with Gasteiger partial charge in [-0.05, 0) is 25.0 Å². The Kier molecular flexibility index (Phi) is 4.01. The Balaban J connectivity index is 1.25. The summed E-state index contributed by atoms with van der Waals surface area (Å²) in [5.74, 6) is 3.06. The van der Waals surface area contributed by atoms with Gasteiger partial charge in [-0.2, -0.15) is 5.10 Å². The molecule has 0 spiro atoms. The Morgan fingerprint density at radius 2 is 2.11 bits per heavy atom. The predicted octanol–water partition coefficient (Wildman–Crippen LogP) is 1.38. The van der Waals surface area contributed by atoms with E-state index >= 15 is 0 Å². The van der Waals surface area contributed by atoms with Gasteiger partial charge in [-0.3, -0.25) is 9.89 Å². The summed E-state index contributed by atoms with van der Waals surface area (Å²) in [5, 5.41) is 19.1. The number of carbonyl (C=O) groups excluding carboxylic acids is 1. The van der Waals surface area contributed by atoms with Gasteiger partial charge in [0, 0.05) is 38.2 Å². The van der Waals surface area contributed by atoms with Crippen molar-refractivity contribution in [3.05, 3.63) is 41.8 Å². The summed E-state index contributed by atoms with van der Waals surface area (Å²) < 4.78 is 7.58. The molecule has 0 aliphatic carbocycles. The second kappa shape index (κ2) is 6.66. The molecule has 0 atom stereocenters. The number of likely N-dealkylation sites (tertiary alicyclic amines) is 1. The normalized spacial score (nSPS) is 17.9. The van der Waals surface area contributed by atoms with Crippen molar-refractivity contribution >= 4 is 5.91 Å². The van der Waals surface area contributed by atoms with Crippen molar-refractivity contribution in [2.24, 2.45) is 0 Å². The summed E-state index contributed by atoms with van der Waals surface area (Å²) in [5.41, 5.74) is 1.13. The molecular weight excluding hydrogens is 346 g/mol. The van der Waals surface area contributed by atoms with Crippen LogP contribution in [-0.4, -0.2) is 55.4 Å². The number of H-pyrrole nitrogens is 1. The maximum Gasteiger partial charge on any atom is 0.274 e. The van der Waals surface area contributed by atoms with Crippen LogP contribution in [0.4, 0.5) is 0 Å². The summed E-state index contributed by atoms with van der Waals surface area (Å²) in [6.45, 7) is 4.05. The molecule has 2 aliphatic rings. The molecule has 0 aromatic carbocycles. The number of piperidine rings is 1. The van der Waals surface area contributed by atoms with Crippen LogP contribution in [0.1, 0.15) is 40.9 Å².